The first-order chi connectivity index (χ1) is 15.0. The Labute approximate surface area is 177 Å². The molecule has 1 unspecified atom stereocenters. The Kier molecular flexibility index (Phi) is 6.16. The van der Waals surface area contributed by atoms with Gasteiger partial charge in [0.15, 0.2) is 0 Å². The average molecular weight is 422 g/mol. The number of benzene rings is 3. The first kappa shape index (κ1) is 20.8. The second kappa shape index (κ2) is 9.16. The quantitative estimate of drug-likeness (QED) is 0.492. The fraction of sp³-hybridized carbons (Fsp3) is 0.167. The molecule has 0 aliphatic heterocycles. The number of aliphatic hydroxyl groups excluding tert-OH is 1. The Balaban J connectivity index is 1.51. The van der Waals surface area contributed by atoms with E-state index in [9.17, 15) is 18.7 Å². The number of rotatable bonds is 7. The van der Waals surface area contributed by atoms with Crippen molar-refractivity contribution in [2.75, 3.05) is 6.61 Å². The summed E-state index contributed by atoms with van der Waals surface area (Å²) in [7, 11) is 0. The number of aromatic nitrogens is 2. The van der Waals surface area contributed by atoms with E-state index in [1.807, 2.05) is 6.07 Å². The molecule has 0 aliphatic carbocycles. The van der Waals surface area contributed by atoms with Crippen LogP contribution in [0.3, 0.4) is 0 Å². The van der Waals surface area contributed by atoms with Crippen LogP contribution in [0.1, 0.15) is 17.2 Å². The van der Waals surface area contributed by atoms with Crippen molar-refractivity contribution in [3.63, 3.8) is 0 Å². The summed E-state index contributed by atoms with van der Waals surface area (Å²) in [5.74, 6) is -0.771. The second-order valence-corrected chi connectivity index (χ2v) is 7.19. The van der Waals surface area contributed by atoms with Gasteiger partial charge in [0.1, 0.15) is 17.7 Å². The minimum atomic E-state index is -1.02. The van der Waals surface area contributed by atoms with Crippen LogP contribution < -0.4 is 5.56 Å². The summed E-state index contributed by atoms with van der Waals surface area (Å²) < 4.78 is 33.8. The molecule has 0 radical (unpaired) electrons. The highest BCUT2D eigenvalue weighted by Gasteiger charge is 2.18. The molecule has 31 heavy (non-hydrogen) atoms. The standard InChI is InChI=1S/C24H20F2N2O3/c25-19-9-5-16(6-10-19)23(17-7-11-20(26)12-8-17)31-15-21(29)14-28-24(30)22-4-2-1-3-18(22)13-27-28/h1-13,21,23,29H,14-15H2. The monoisotopic (exact) mass is 422 g/mol. The van der Waals surface area contributed by atoms with Gasteiger partial charge < -0.3 is 9.84 Å². The average Bonchev–Trinajstić information content (AvgIpc) is 2.78. The molecule has 1 N–H and O–H groups in total. The topological polar surface area (TPSA) is 64.4 Å². The van der Waals surface area contributed by atoms with E-state index in [4.69, 9.17) is 4.74 Å². The number of ether oxygens (including phenoxy) is 1. The minimum Gasteiger partial charge on any atom is -0.389 e. The molecular formula is C24H20F2N2O3. The van der Waals surface area contributed by atoms with Gasteiger partial charge in [-0.25, -0.2) is 13.5 Å². The highest BCUT2D eigenvalue weighted by Crippen LogP contribution is 2.27. The molecule has 3 aromatic carbocycles. The smallest absolute Gasteiger partial charge is 0.274 e. The lowest BCUT2D eigenvalue weighted by atomic mass is 10.0. The van der Waals surface area contributed by atoms with Crippen LogP contribution in [0, 0.1) is 11.6 Å². The molecule has 5 nitrogen and oxygen atoms in total. The third-order valence-electron chi connectivity index (χ3n) is 4.95. The molecule has 7 heteroatoms. The molecule has 0 amide bonds. The lowest BCUT2D eigenvalue weighted by Gasteiger charge is -2.21. The van der Waals surface area contributed by atoms with Gasteiger partial charge in [-0.2, -0.15) is 5.10 Å². The molecule has 4 rings (SSSR count). The van der Waals surface area contributed by atoms with Crippen LogP contribution in [-0.4, -0.2) is 27.6 Å². The van der Waals surface area contributed by atoms with Gasteiger partial charge in [0, 0.05) is 5.39 Å². The van der Waals surface area contributed by atoms with Gasteiger partial charge in [-0.1, -0.05) is 42.5 Å². The van der Waals surface area contributed by atoms with Crippen LogP contribution in [0.5, 0.6) is 0 Å². The maximum absolute atomic E-state index is 13.3. The van der Waals surface area contributed by atoms with Crippen molar-refractivity contribution in [2.24, 2.45) is 0 Å². The summed E-state index contributed by atoms with van der Waals surface area (Å²) in [6, 6.07) is 18.6. The molecule has 0 aliphatic rings. The fourth-order valence-corrected chi connectivity index (χ4v) is 3.38. The lowest BCUT2D eigenvalue weighted by molar-refractivity contribution is -0.00242. The SMILES string of the molecule is O=c1c2ccccc2cnn1CC(O)COC(c1ccc(F)cc1)c1ccc(F)cc1. The van der Waals surface area contributed by atoms with Crippen LogP contribution in [0.4, 0.5) is 8.78 Å². The molecule has 0 spiro atoms. The molecular weight excluding hydrogens is 402 g/mol. The van der Waals surface area contributed by atoms with Crippen LogP contribution in [-0.2, 0) is 11.3 Å². The van der Waals surface area contributed by atoms with Crippen LogP contribution in [0.2, 0.25) is 0 Å². The molecule has 4 aromatic rings. The molecule has 0 bridgehead atoms. The Morgan fingerprint density at radius 1 is 0.903 bits per heavy atom. The zero-order chi connectivity index (χ0) is 21.8. The molecule has 0 fully saturated rings. The van der Waals surface area contributed by atoms with E-state index >= 15 is 0 Å². The van der Waals surface area contributed by atoms with Crippen molar-refractivity contribution in [2.45, 2.75) is 18.8 Å². The summed E-state index contributed by atoms with van der Waals surface area (Å²) in [5.41, 5.74) is 1.01. The van der Waals surface area contributed by atoms with E-state index in [0.717, 1.165) is 5.39 Å². The van der Waals surface area contributed by atoms with Gasteiger partial charge in [0.05, 0.1) is 30.8 Å². The minimum absolute atomic E-state index is 0.0524. The van der Waals surface area contributed by atoms with E-state index in [2.05, 4.69) is 5.10 Å². The number of hydrogen-bond acceptors (Lipinski definition) is 4. The van der Waals surface area contributed by atoms with Gasteiger partial charge in [-0.3, -0.25) is 4.79 Å². The number of halogens is 2. The first-order valence-corrected chi connectivity index (χ1v) is 9.77. The normalized spacial score (nSPS) is 12.4. The Hall–Kier alpha value is -3.42. The third kappa shape index (κ3) is 4.84. The first-order valence-electron chi connectivity index (χ1n) is 9.77. The Bertz CT molecular complexity index is 1180. The van der Waals surface area contributed by atoms with Crippen molar-refractivity contribution in [3.8, 4) is 0 Å². The number of fused-ring (bicyclic) bond motifs is 1. The zero-order valence-electron chi connectivity index (χ0n) is 16.5. The Morgan fingerprint density at radius 2 is 1.48 bits per heavy atom. The molecule has 0 saturated heterocycles. The zero-order valence-corrected chi connectivity index (χ0v) is 16.5. The van der Waals surface area contributed by atoms with E-state index in [-0.39, 0.29) is 30.3 Å². The largest absolute Gasteiger partial charge is 0.389 e. The van der Waals surface area contributed by atoms with E-state index in [0.29, 0.717) is 16.5 Å². The molecule has 0 saturated carbocycles. The van der Waals surface area contributed by atoms with Crippen LogP contribution in [0.15, 0.2) is 83.8 Å². The van der Waals surface area contributed by atoms with Gasteiger partial charge in [0.2, 0.25) is 0 Å². The summed E-state index contributed by atoms with van der Waals surface area (Å²) in [6.07, 6.45) is -0.0867. The summed E-state index contributed by atoms with van der Waals surface area (Å²) in [4.78, 5) is 12.6. The van der Waals surface area contributed by atoms with E-state index in [1.54, 1.807) is 48.7 Å². The number of hydrogen-bond donors (Lipinski definition) is 1. The summed E-state index contributed by atoms with van der Waals surface area (Å²) in [6.45, 7) is -0.163. The van der Waals surface area contributed by atoms with Gasteiger partial charge in [0.25, 0.3) is 5.56 Å². The van der Waals surface area contributed by atoms with Crippen molar-refractivity contribution in [3.05, 3.63) is 112 Å². The second-order valence-electron chi connectivity index (χ2n) is 7.19. The van der Waals surface area contributed by atoms with Crippen molar-refractivity contribution >= 4 is 10.8 Å². The van der Waals surface area contributed by atoms with Crippen LogP contribution in [0.25, 0.3) is 10.8 Å². The molecule has 1 aromatic heterocycles. The van der Waals surface area contributed by atoms with E-state index < -0.39 is 12.2 Å². The number of nitrogens with zero attached hydrogens (tertiary/aromatic N) is 2. The highest BCUT2D eigenvalue weighted by molar-refractivity contribution is 5.80. The van der Waals surface area contributed by atoms with Crippen molar-refractivity contribution in [1.29, 1.82) is 0 Å². The fourth-order valence-electron chi connectivity index (χ4n) is 3.38. The predicted octanol–water partition coefficient (Wildman–Crippen LogP) is 3.84. The summed E-state index contributed by atoms with van der Waals surface area (Å²) >= 11 is 0. The Morgan fingerprint density at radius 3 is 2.10 bits per heavy atom. The number of aliphatic hydroxyl groups is 1. The lowest BCUT2D eigenvalue weighted by Crippen LogP contribution is -2.31. The van der Waals surface area contributed by atoms with Gasteiger partial charge in [-0.05, 0) is 41.5 Å². The predicted molar refractivity (Wildman–Crippen MR) is 113 cm³/mol. The van der Waals surface area contributed by atoms with E-state index in [1.165, 1.54) is 28.9 Å². The van der Waals surface area contributed by atoms with Gasteiger partial charge in [-0.15, -0.1) is 0 Å². The maximum atomic E-state index is 13.3. The van der Waals surface area contributed by atoms with Crippen LogP contribution >= 0.6 is 0 Å². The molecule has 1 atom stereocenters. The molecule has 158 valence electrons. The van der Waals surface area contributed by atoms with Crippen molar-refractivity contribution < 1.29 is 18.6 Å². The molecule has 1 heterocycles. The highest BCUT2D eigenvalue weighted by atomic mass is 19.1. The third-order valence-corrected chi connectivity index (χ3v) is 4.95. The van der Waals surface area contributed by atoms with Crippen molar-refractivity contribution in [1.82, 2.24) is 9.78 Å². The maximum Gasteiger partial charge on any atom is 0.274 e. The van der Waals surface area contributed by atoms with Gasteiger partial charge >= 0.3 is 0 Å². The summed E-state index contributed by atoms with van der Waals surface area (Å²) in [5, 5.41) is 15.8.